The Balaban J connectivity index is 1.93. The molecule has 2 N–H and O–H groups in total. The number of carbonyl (C=O) groups is 3. The highest BCUT2D eigenvalue weighted by Crippen LogP contribution is 2.32. The van der Waals surface area contributed by atoms with Gasteiger partial charge in [0.25, 0.3) is 0 Å². The number of benzene rings is 1. The van der Waals surface area contributed by atoms with Crippen molar-refractivity contribution in [3.63, 3.8) is 0 Å². The van der Waals surface area contributed by atoms with Gasteiger partial charge < -0.3 is 19.9 Å². The van der Waals surface area contributed by atoms with E-state index in [2.05, 4.69) is 26.6 Å². The molecule has 0 radical (unpaired) electrons. The summed E-state index contributed by atoms with van der Waals surface area (Å²) >= 11 is 3.47. The normalized spacial score (nSPS) is 14.0. The van der Waals surface area contributed by atoms with Gasteiger partial charge >= 0.3 is 12.0 Å². The van der Waals surface area contributed by atoms with Gasteiger partial charge in [-0.2, -0.15) is 0 Å². The van der Waals surface area contributed by atoms with E-state index < -0.39 is 5.60 Å². The lowest BCUT2D eigenvalue weighted by Gasteiger charge is -2.19. The summed E-state index contributed by atoms with van der Waals surface area (Å²) in [7, 11) is 0. The number of amides is 2. The van der Waals surface area contributed by atoms with E-state index in [1.54, 1.807) is 43.7 Å². The predicted molar refractivity (Wildman–Crippen MR) is 111 cm³/mol. The van der Waals surface area contributed by atoms with Gasteiger partial charge in [0.1, 0.15) is 12.1 Å². The van der Waals surface area contributed by atoms with Crippen LogP contribution in [0.25, 0.3) is 10.9 Å². The molecule has 1 saturated carbocycles. The Morgan fingerprint density at radius 3 is 2.50 bits per heavy atom. The molecule has 150 valence electrons. The van der Waals surface area contributed by atoms with Gasteiger partial charge in [-0.15, -0.1) is 0 Å². The zero-order valence-corrected chi connectivity index (χ0v) is 18.0. The molecule has 1 aliphatic rings. The molecule has 0 spiro atoms. The van der Waals surface area contributed by atoms with Crippen LogP contribution < -0.4 is 10.6 Å². The molecular formula is C20H24BrN3O4. The number of nitrogens with zero attached hydrogens (tertiary/aromatic N) is 1. The molecule has 1 fully saturated rings. The van der Waals surface area contributed by atoms with Gasteiger partial charge in [0.05, 0.1) is 11.2 Å². The van der Waals surface area contributed by atoms with Gasteiger partial charge in [-0.3, -0.25) is 9.59 Å². The van der Waals surface area contributed by atoms with Crippen molar-refractivity contribution in [3.05, 3.63) is 28.4 Å². The summed E-state index contributed by atoms with van der Waals surface area (Å²) in [5, 5.41) is 6.34. The molecule has 1 aromatic carbocycles. The van der Waals surface area contributed by atoms with E-state index in [9.17, 15) is 14.4 Å². The number of carbonyl (C=O) groups excluding carboxylic acids is 3. The van der Waals surface area contributed by atoms with Crippen molar-refractivity contribution in [2.75, 3.05) is 5.32 Å². The molecule has 1 heterocycles. The van der Waals surface area contributed by atoms with E-state index in [0.717, 1.165) is 12.8 Å². The van der Waals surface area contributed by atoms with Gasteiger partial charge in [0, 0.05) is 27.7 Å². The van der Waals surface area contributed by atoms with Gasteiger partial charge in [0.15, 0.2) is 5.78 Å². The molecule has 7 nitrogen and oxygen atoms in total. The number of halogens is 1. The lowest BCUT2D eigenvalue weighted by Crippen LogP contribution is -2.30. The third-order valence-electron chi connectivity index (χ3n) is 4.23. The number of esters is 1. The summed E-state index contributed by atoms with van der Waals surface area (Å²) in [4.78, 5) is 36.4. The van der Waals surface area contributed by atoms with E-state index in [4.69, 9.17) is 4.74 Å². The fourth-order valence-corrected chi connectivity index (χ4v) is 3.33. The van der Waals surface area contributed by atoms with Crippen LogP contribution in [0.5, 0.6) is 0 Å². The standard InChI is InChI=1S/C20H24BrN3O4/c1-11(25)14-9-24(10-18(26)28-20(2,3)4)17-8-15(21)16(7-13(14)17)23-19(27)22-12-5-6-12/h7-9,12H,5-6,10H2,1-4H3,(H2,22,23,27). The zero-order chi connectivity index (χ0) is 20.6. The number of aromatic nitrogens is 1. The number of fused-ring (bicyclic) bond motifs is 1. The van der Waals surface area contributed by atoms with Crippen molar-refractivity contribution in [3.8, 4) is 0 Å². The van der Waals surface area contributed by atoms with Crippen molar-refractivity contribution < 1.29 is 19.1 Å². The third kappa shape index (κ3) is 4.92. The van der Waals surface area contributed by atoms with Crippen LogP contribution in [-0.2, 0) is 16.1 Å². The summed E-state index contributed by atoms with van der Waals surface area (Å²) in [5.74, 6) is -0.509. The van der Waals surface area contributed by atoms with Crippen molar-refractivity contribution in [2.45, 2.75) is 58.7 Å². The molecule has 0 atom stereocenters. The molecule has 28 heavy (non-hydrogen) atoms. The second-order valence-electron chi connectivity index (χ2n) is 8.04. The largest absolute Gasteiger partial charge is 0.459 e. The quantitative estimate of drug-likeness (QED) is 0.527. The average molecular weight is 450 g/mol. The van der Waals surface area contributed by atoms with Crippen LogP contribution in [-0.4, -0.2) is 34.0 Å². The lowest BCUT2D eigenvalue weighted by atomic mass is 10.1. The van der Waals surface area contributed by atoms with Crippen LogP contribution in [0.15, 0.2) is 22.8 Å². The maximum absolute atomic E-state index is 12.3. The van der Waals surface area contributed by atoms with Crippen molar-refractivity contribution >= 4 is 50.3 Å². The Morgan fingerprint density at radius 2 is 1.93 bits per heavy atom. The first-order valence-corrected chi connectivity index (χ1v) is 9.95. The highest BCUT2D eigenvalue weighted by Gasteiger charge is 2.24. The molecule has 2 aromatic rings. The van der Waals surface area contributed by atoms with E-state index in [0.29, 0.717) is 26.6 Å². The highest BCUT2D eigenvalue weighted by atomic mass is 79.9. The Bertz CT molecular complexity index is 954. The number of urea groups is 1. The summed E-state index contributed by atoms with van der Waals surface area (Å²) < 4.78 is 7.74. The van der Waals surface area contributed by atoms with Crippen LogP contribution in [0, 0.1) is 0 Å². The summed E-state index contributed by atoms with van der Waals surface area (Å²) in [5.41, 5.74) is 1.16. The van der Waals surface area contributed by atoms with Crippen LogP contribution >= 0.6 is 15.9 Å². The molecule has 8 heteroatoms. The molecule has 1 aliphatic carbocycles. The Hall–Kier alpha value is -2.35. The van der Waals surface area contributed by atoms with Crippen LogP contribution in [0.3, 0.4) is 0 Å². The monoisotopic (exact) mass is 449 g/mol. The number of anilines is 1. The smallest absolute Gasteiger partial charge is 0.326 e. The number of hydrogen-bond acceptors (Lipinski definition) is 4. The van der Waals surface area contributed by atoms with Crippen LogP contribution in [0.2, 0.25) is 0 Å². The van der Waals surface area contributed by atoms with Gasteiger partial charge in [0.2, 0.25) is 0 Å². The van der Waals surface area contributed by atoms with Gasteiger partial charge in [-0.1, -0.05) is 0 Å². The third-order valence-corrected chi connectivity index (χ3v) is 4.89. The molecule has 1 aromatic heterocycles. The van der Waals surface area contributed by atoms with E-state index in [1.165, 1.54) is 6.92 Å². The van der Waals surface area contributed by atoms with Gasteiger partial charge in [-0.25, -0.2) is 4.79 Å². The molecular weight excluding hydrogens is 426 g/mol. The maximum atomic E-state index is 12.3. The molecule has 3 rings (SSSR count). The summed E-state index contributed by atoms with van der Waals surface area (Å²) in [6.45, 7) is 6.88. The molecule has 0 saturated heterocycles. The second-order valence-corrected chi connectivity index (χ2v) is 8.89. The fourth-order valence-electron chi connectivity index (χ4n) is 2.90. The first kappa shape index (κ1) is 20.4. The predicted octanol–water partition coefficient (Wildman–Crippen LogP) is 4.23. The highest BCUT2D eigenvalue weighted by molar-refractivity contribution is 9.10. The maximum Gasteiger partial charge on any atom is 0.326 e. The van der Waals surface area contributed by atoms with Crippen LogP contribution in [0.1, 0.15) is 50.9 Å². The number of rotatable bonds is 5. The van der Waals surface area contributed by atoms with Crippen molar-refractivity contribution in [2.24, 2.45) is 0 Å². The first-order chi connectivity index (χ1) is 13.0. The van der Waals surface area contributed by atoms with Crippen molar-refractivity contribution in [1.82, 2.24) is 9.88 Å². The Kier molecular flexibility index (Phi) is 5.52. The minimum Gasteiger partial charge on any atom is -0.459 e. The number of hydrogen-bond donors (Lipinski definition) is 2. The van der Waals surface area contributed by atoms with Gasteiger partial charge in [-0.05, 0) is 68.6 Å². The zero-order valence-electron chi connectivity index (χ0n) is 16.4. The van der Waals surface area contributed by atoms with Crippen molar-refractivity contribution in [1.29, 1.82) is 0 Å². The minimum atomic E-state index is -0.587. The van der Waals surface area contributed by atoms with E-state index in [1.807, 2.05) is 0 Å². The summed E-state index contributed by atoms with van der Waals surface area (Å²) in [6, 6.07) is 3.50. The number of ketones is 1. The topological polar surface area (TPSA) is 89.4 Å². The number of ether oxygens (including phenoxy) is 1. The number of Topliss-reactive ketones (excluding diaryl/α,β-unsaturated/α-hetero) is 1. The SMILES string of the molecule is CC(=O)c1cn(CC(=O)OC(C)(C)C)c2cc(Br)c(NC(=O)NC3CC3)cc12. The lowest BCUT2D eigenvalue weighted by molar-refractivity contribution is -0.155. The molecule has 2 amide bonds. The van der Waals surface area contributed by atoms with E-state index >= 15 is 0 Å². The number of nitrogens with one attached hydrogen (secondary N) is 2. The average Bonchev–Trinajstić information content (AvgIpc) is 3.28. The molecule has 0 aliphatic heterocycles. The first-order valence-electron chi connectivity index (χ1n) is 9.16. The molecule has 0 unspecified atom stereocenters. The molecule has 0 bridgehead atoms. The summed E-state index contributed by atoms with van der Waals surface area (Å²) in [6.07, 6.45) is 3.64. The fraction of sp³-hybridized carbons (Fsp3) is 0.450. The Morgan fingerprint density at radius 1 is 1.25 bits per heavy atom. The minimum absolute atomic E-state index is 0.0115. The van der Waals surface area contributed by atoms with Crippen LogP contribution in [0.4, 0.5) is 10.5 Å². The Labute approximate surface area is 171 Å². The van der Waals surface area contributed by atoms with E-state index in [-0.39, 0.29) is 30.4 Å². The second kappa shape index (κ2) is 7.58.